The van der Waals surface area contributed by atoms with Gasteiger partial charge in [-0.05, 0) is 19.4 Å². The highest BCUT2D eigenvalue weighted by molar-refractivity contribution is 5.85. The van der Waals surface area contributed by atoms with Crippen molar-refractivity contribution in [1.82, 2.24) is 5.32 Å². The van der Waals surface area contributed by atoms with E-state index in [1.54, 1.807) is 0 Å². The van der Waals surface area contributed by atoms with Crippen LogP contribution >= 0.6 is 24.8 Å². The number of ether oxygens (including phenoxy) is 1. The van der Waals surface area contributed by atoms with Crippen molar-refractivity contribution in [3.8, 4) is 0 Å². The van der Waals surface area contributed by atoms with Gasteiger partial charge >= 0.3 is 5.97 Å². The molecule has 0 fully saturated rings. The van der Waals surface area contributed by atoms with Crippen molar-refractivity contribution in [1.29, 1.82) is 5.41 Å². The lowest BCUT2D eigenvalue weighted by Gasteiger charge is -2.13. The summed E-state index contributed by atoms with van der Waals surface area (Å²) in [6, 6.07) is -0.624. The third-order valence-corrected chi connectivity index (χ3v) is 1.74. The zero-order valence-electron chi connectivity index (χ0n) is 8.85. The summed E-state index contributed by atoms with van der Waals surface area (Å²) in [5.74, 6) is -0.907. The summed E-state index contributed by atoms with van der Waals surface area (Å²) < 4.78 is 4.56. The Morgan fingerprint density at radius 2 is 2.12 bits per heavy atom. The van der Waals surface area contributed by atoms with Gasteiger partial charge in [0.15, 0.2) is 6.40 Å². The topological polar surface area (TPSA) is 108 Å². The molecule has 1 atom stereocenters. The van der Waals surface area contributed by atoms with Crippen molar-refractivity contribution in [3.05, 3.63) is 0 Å². The number of unbranched alkanes of at least 4 members (excludes halogenated alkanes) is 1. The molecule has 0 spiro atoms. The van der Waals surface area contributed by atoms with Crippen molar-refractivity contribution < 1.29 is 14.6 Å². The average molecular weight is 276 g/mol. The summed E-state index contributed by atoms with van der Waals surface area (Å²) in [5, 5.41) is 18.0. The first-order valence-electron chi connectivity index (χ1n) is 4.49. The third-order valence-electron chi connectivity index (χ3n) is 1.74. The van der Waals surface area contributed by atoms with Crippen LogP contribution in [0.1, 0.15) is 19.3 Å². The molecule has 0 aliphatic heterocycles. The minimum Gasteiger partial charge on any atom is -0.480 e. The van der Waals surface area contributed by atoms with Crippen LogP contribution in [0.15, 0.2) is 0 Å². The number of halogens is 2. The predicted molar refractivity (Wildman–Crippen MR) is 66.7 cm³/mol. The van der Waals surface area contributed by atoms with Crippen LogP contribution < -0.4 is 11.1 Å². The van der Waals surface area contributed by atoms with E-state index in [1.165, 1.54) is 0 Å². The summed E-state index contributed by atoms with van der Waals surface area (Å²) >= 11 is 0. The maximum Gasteiger partial charge on any atom is 0.320 e. The second kappa shape index (κ2) is 14.4. The quantitative estimate of drug-likeness (QED) is 0.213. The molecule has 0 rings (SSSR count). The van der Waals surface area contributed by atoms with Crippen molar-refractivity contribution in [2.24, 2.45) is 5.73 Å². The smallest absolute Gasteiger partial charge is 0.320 e. The number of carbonyl (C=O) groups is 1. The number of carboxylic acid groups (broad SMARTS) is 1. The summed E-state index contributed by atoms with van der Waals surface area (Å²) in [7, 11) is 0. The zero-order chi connectivity index (χ0) is 10.8. The SMILES string of the molecule is Cl.Cl.N=COCN[C@@H](CCCCN)C(=O)O. The van der Waals surface area contributed by atoms with Crippen molar-refractivity contribution >= 4 is 37.2 Å². The number of carboxylic acids is 1. The molecule has 0 heterocycles. The highest BCUT2D eigenvalue weighted by Gasteiger charge is 2.15. The van der Waals surface area contributed by atoms with E-state index in [1.807, 2.05) is 0 Å². The van der Waals surface area contributed by atoms with Crippen LogP contribution in [0.5, 0.6) is 0 Å². The lowest BCUT2D eigenvalue weighted by molar-refractivity contribution is -0.140. The van der Waals surface area contributed by atoms with E-state index in [0.717, 1.165) is 19.2 Å². The van der Waals surface area contributed by atoms with Crippen molar-refractivity contribution in [2.75, 3.05) is 13.3 Å². The van der Waals surface area contributed by atoms with E-state index in [9.17, 15) is 4.79 Å². The Kier molecular flexibility index (Phi) is 18.8. The zero-order valence-corrected chi connectivity index (χ0v) is 10.5. The molecule has 0 aliphatic rings. The molecule has 98 valence electrons. The standard InChI is InChI=1S/C8H17N3O3.2ClH/c9-4-2-1-3-7(8(12)13)11-6-14-5-10;;/h5,7,10-11H,1-4,6,9H2,(H,12,13);2*1H/t7-;;/m0../s1. The Labute approximate surface area is 107 Å². The number of aliphatic carboxylic acids is 1. The lowest BCUT2D eigenvalue weighted by Crippen LogP contribution is -2.37. The fourth-order valence-corrected chi connectivity index (χ4v) is 0.996. The summed E-state index contributed by atoms with van der Waals surface area (Å²) in [5.41, 5.74) is 5.29. The molecule has 0 bridgehead atoms. The number of nitrogens with two attached hydrogens (primary N) is 1. The van der Waals surface area contributed by atoms with E-state index >= 15 is 0 Å². The normalized spacial score (nSPS) is 10.6. The lowest BCUT2D eigenvalue weighted by atomic mass is 10.1. The molecule has 6 nitrogen and oxygen atoms in total. The molecular weight excluding hydrogens is 257 g/mol. The Bertz CT molecular complexity index is 184. The molecule has 5 N–H and O–H groups in total. The van der Waals surface area contributed by atoms with Gasteiger partial charge in [-0.1, -0.05) is 6.42 Å². The second-order valence-corrected chi connectivity index (χ2v) is 2.81. The van der Waals surface area contributed by atoms with Crippen LogP contribution in [0.3, 0.4) is 0 Å². The molecule has 0 aromatic heterocycles. The summed E-state index contributed by atoms with van der Waals surface area (Å²) in [4.78, 5) is 10.7. The molecule has 0 saturated carbocycles. The highest BCUT2D eigenvalue weighted by atomic mass is 35.5. The van der Waals surface area contributed by atoms with Gasteiger partial charge in [-0.2, -0.15) is 0 Å². The number of hydrogen-bond donors (Lipinski definition) is 4. The molecule has 0 unspecified atom stereocenters. The first-order chi connectivity index (χ1) is 6.72. The van der Waals surface area contributed by atoms with E-state index in [2.05, 4.69) is 10.1 Å². The van der Waals surface area contributed by atoms with Gasteiger partial charge < -0.3 is 15.6 Å². The Morgan fingerprint density at radius 3 is 2.56 bits per heavy atom. The molecule has 16 heavy (non-hydrogen) atoms. The van der Waals surface area contributed by atoms with Crippen LogP contribution in [0.25, 0.3) is 0 Å². The molecule has 0 aromatic rings. The first-order valence-corrected chi connectivity index (χ1v) is 4.49. The van der Waals surface area contributed by atoms with Gasteiger partial charge in [0.1, 0.15) is 12.8 Å². The van der Waals surface area contributed by atoms with Gasteiger partial charge in [-0.25, -0.2) is 0 Å². The van der Waals surface area contributed by atoms with Crippen LogP contribution in [-0.2, 0) is 9.53 Å². The van der Waals surface area contributed by atoms with Crippen molar-refractivity contribution in [3.63, 3.8) is 0 Å². The Balaban J connectivity index is -0.000000845. The minimum absolute atomic E-state index is 0. The van der Waals surface area contributed by atoms with E-state index < -0.39 is 12.0 Å². The fourth-order valence-electron chi connectivity index (χ4n) is 0.996. The van der Waals surface area contributed by atoms with Crippen LogP contribution in [0, 0.1) is 5.41 Å². The largest absolute Gasteiger partial charge is 0.480 e. The van der Waals surface area contributed by atoms with Gasteiger partial charge in [0.25, 0.3) is 0 Å². The van der Waals surface area contributed by atoms with Gasteiger partial charge in [0.05, 0.1) is 0 Å². The van der Waals surface area contributed by atoms with Gasteiger partial charge in [-0.3, -0.25) is 15.5 Å². The van der Waals surface area contributed by atoms with Gasteiger partial charge in [0.2, 0.25) is 0 Å². The predicted octanol–water partition coefficient (Wildman–Crippen LogP) is 0.583. The highest BCUT2D eigenvalue weighted by Crippen LogP contribution is 2.00. The van der Waals surface area contributed by atoms with Crippen LogP contribution in [-0.4, -0.2) is 36.8 Å². The third kappa shape index (κ3) is 11.5. The maximum atomic E-state index is 10.7. The Morgan fingerprint density at radius 1 is 1.50 bits per heavy atom. The van der Waals surface area contributed by atoms with Crippen molar-refractivity contribution in [2.45, 2.75) is 25.3 Å². The monoisotopic (exact) mass is 275 g/mol. The van der Waals surface area contributed by atoms with Crippen LogP contribution in [0.4, 0.5) is 0 Å². The van der Waals surface area contributed by atoms with Gasteiger partial charge in [-0.15, -0.1) is 24.8 Å². The Hall–Kier alpha value is -0.560. The number of nitrogens with one attached hydrogen (secondary N) is 2. The van der Waals surface area contributed by atoms with E-state index in [-0.39, 0.29) is 31.5 Å². The molecule has 0 aromatic carbocycles. The first kappa shape index (κ1) is 20.8. The fraction of sp³-hybridized carbons (Fsp3) is 0.750. The molecule has 8 heteroatoms. The molecule has 0 radical (unpaired) electrons. The van der Waals surface area contributed by atoms with Gasteiger partial charge in [0, 0.05) is 0 Å². The molecular formula is C8H19Cl2N3O3. The molecule has 0 amide bonds. The maximum absolute atomic E-state index is 10.7. The average Bonchev–Trinajstić information content (AvgIpc) is 2.15. The van der Waals surface area contributed by atoms with Crippen LogP contribution in [0.2, 0.25) is 0 Å². The summed E-state index contributed by atoms with van der Waals surface area (Å²) in [6.07, 6.45) is 2.88. The number of hydrogen-bond acceptors (Lipinski definition) is 5. The summed E-state index contributed by atoms with van der Waals surface area (Å²) in [6.45, 7) is 0.617. The van der Waals surface area contributed by atoms with E-state index in [0.29, 0.717) is 13.0 Å². The van der Waals surface area contributed by atoms with E-state index in [4.69, 9.17) is 16.2 Å². The second-order valence-electron chi connectivity index (χ2n) is 2.81. The minimum atomic E-state index is -0.907. The number of rotatable bonds is 9. The molecule has 0 aliphatic carbocycles. The molecule has 0 saturated heterocycles.